The summed E-state index contributed by atoms with van der Waals surface area (Å²) in [4.78, 5) is 14.8. The van der Waals surface area contributed by atoms with Crippen LogP contribution in [0.5, 0.6) is 0 Å². The molecule has 0 spiro atoms. The number of hydrogen-bond donors (Lipinski definition) is 1. The molecule has 0 bridgehead atoms. The number of nitrogens with one attached hydrogen (secondary N) is 1. The van der Waals surface area contributed by atoms with Crippen LogP contribution in [0.1, 0.15) is 17.7 Å². The minimum Gasteiger partial charge on any atom is -0.347 e. The third-order valence-corrected chi connectivity index (χ3v) is 5.36. The van der Waals surface area contributed by atoms with Gasteiger partial charge in [-0.25, -0.2) is 4.39 Å². The van der Waals surface area contributed by atoms with Crippen LogP contribution in [0.25, 0.3) is 10.9 Å². The molecule has 1 aromatic heterocycles. The van der Waals surface area contributed by atoms with Gasteiger partial charge in [0.1, 0.15) is 5.82 Å². The van der Waals surface area contributed by atoms with Crippen molar-refractivity contribution in [2.75, 3.05) is 26.2 Å². The maximum absolute atomic E-state index is 13.7. The van der Waals surface area contributed by atoms with Gasteiger partial charge in [-0.1, -0.05) is 0 Å². The molecule has 122 valence electrons. The third kappa shape index (κ3) is 2.43. The van der Waals surface area contributed by atoms with Crippen molar-refractivity contribution in [3.8, 4) is 0 Å². The van der Waals surface area contributed by atoms with Gasteiger partial charge in [0.25, 0.3) is 0 Å². The summed E-state index contributed by atoms with van der Waals surface area (Å²) in [6.45, 7) is 3.35. The van der Waals surface area contributed by atoms with Crippen LogP contribution in [0.3, 0.4) is 0 Å². The molecule has 23 heavy (non-hydrogen) atoms. The van der Waals surface area contributed by atoms with Crippen LogP contribution in [0, 0.1) is 11.7 Å². The predicted octanol–water partition coefficient (Wildman–Crippen LogP) is 1.85. The fourth-order valence-electron chi connectivity index (χ4n) is 4.11. The van der Waals surface area contributed by atoms with Gasteiger partial charge >= 0.3 is 0 Å². The van der Waals surface area contributed by atoms with Crippen LogP contribution in [-0.4, -0.2) is 41.6 Å². The topological polar surface area (TPSA) is 37.3 Å². The second-order valence-corrected chi connectivity index (χ2v) is 6.66. The van der Waals surface area contributed by atoms with Gasteiger partial charge in [-0.15, -0.1) is 0 Å². The van der Waals surface area contributed by atoms with Gasteiger partial charge in [-0.05, 0) is 43.0 Å². The molecule has 0 saturated carbocycles. The zero-order chi connectivity index (χ0) is 16.0. The number of hydrogen-bond acceptors (Lipinski definition) is 2. The zero-order valence-electron chi connectivity index (χ0n) is 13.4. The number of amides is 1. The molecular formula is C18H22FN3O. The highest BCUT2D eigenvalue weighted by molar-refractivity contribution is 5.87. The van der Waals surface area contributed by atoms with Crippen molar-refractivity contribution >= 4 is 16.8 Å². The lowest BCUT2D eigenvalue weighted by molar-refractivity contribution is -0.136. The van der Waals surface area contributed by atoms with E-state index in [0.29, 0.717) is 0 Å². The van der Waals surface area contributed by atoms with E-state index in [4.69, 9.17) is 0 Å². The van der Waals surface area contributed by atoms with E-state index in [9.17, 15) is 9.18 Å². The molecule has 1 aliphatic carbocycles. The summed E-state index contributed by atoms with van der Waals surface area (Å²) < 4.78 is 15.8. The third-order valence-electron chi connectivity index (χ3n) is 5.36. The lowest BCUT2D eigenvalue weighted by atomic mass is 9.85. The number of piperazine rings is 1. The lowest BCUT2D eigenvalue weighted by Crippen LogP contribution is -2.49. The Morgan fingerprint density at radius 2 is 2.09 bits per heavy atom. The molecule has 1 fully saturated rings. The van der Waals surface area contributed by atoms with Crippen LogP contribution < -0.4 is 5.32 Å². The van der Waals surface area contributed by atoms with Gasteiger partial charge in [-0.2, -0.15) is 0 Å². The van der Waals surface area contributed by atoms with Crippen LogP contribution >= 0.6 is 0 Å². The SMILES string of the molecule is Cn1c2c(c3cc(F)ccc31)CC(C(=O)N1CCNCC1)CC2. The fraction of sp³-hybridized carbons (Fsp3) is 0.500. The fourth-order valence-corrected chi connectivity index (χ4v) is 4.11. The van der Waals surface area contributed by atoms with Gasteiger partial charge < -0.3 is 14.8 Å². The first-order valence-corrected chi connectivity index (χ1v) is 8.40. The van der Waals surface area contributed by atoms with Crippen molar-refractivity contribution in [3.63, 3.8) is 0 Å². The standard InChI is InChI=1S/C18H22FN3O/c1-21-16-4-2-12(18(23)22-8-6-20-7-9-22)10-14(16)15-11-13(19)3-5-17(15)21/h3,5,11-12,20H,2,4,6-10H2,1H3. The number of carbonyl (C=O) groups is 1. The first-order chi connectivity index (χ1) is 11.1. The Kier molecular flexibility index (Phi) is 3.60. The molecule has 1 aliphatic heterocycles. The molecule has 4 nitrogen and oxygen atoms in total. The molecular weight excluding hydrogens is 293 g/mol. The molecule has 5 heteroatoms. The Bertz CT molecular complexity index is 761. The van der Waals surface area contributed by atoms with Crippen molar-refractivity contribution in [3.05, 3.63) is 35.3 Å². The van der Waals surface area contributed by atoms with E-state index in [1.54, 1.807) is 6.07 Å². The molecule has 1 amide bonds. The second kappa shape index (κ2) is 5.64. The van der Waals surface area contributed by atoms with E-state index in [1.807, 2.05) is 18.0 Å². The minimum atomic E-state index is -0.207. The molecule has 2 aliphatic rings. The number of aromatic nitrogens is 1. The minimum absolute atomic E-state index is 0.0365. The maximum Gasteiger partial charge on any atom is 0.226 e. The van der Waals surface area contributed by atoms with Crippen LogP contribution in [-0.2, 0) is 24.7 Å². The number of carbonyl (C=O) groups excluding carboxylic acids is 1. The van der Waals surface area contributed by atoms with Crippen molar-refractivity contribution < 1.29 is 9.18 Å². The number of nitrogens with zero attached hydrogens (tertiary/aromatic N) is 2. The Morgan fingerprint density at radius 1 is 1.30 bits per heavy atom. The summed E-state index contributed by atoms with van der Waals surface area (Å²) in [6, 6.07) is 4.97. The first kappa shape index (κ1) is 14.7. The van der Waals surface area contributed by atoms with Crippen LogP contribution in [0.15, 0.2) is 18.2 Å². The molecule has 2 heterocycles. The van der Waals surface area contributed by atoms with Crippen LogP contribution in [0.2, 0.25) is 0 Å². The number of rotatable bonds is 1. The van der Waals surface area contributed by atoms with Crippen LogP contribution in [0.4, 0.5) is 4.39 Å². The Morgan fingerprint density at radius 3 is 2.87 bits per heavy atom. The van der Waals surface area contributed by atoms with E-state index >= 15 is 0 Å². The lowest BCUT2D eigenvalue weighted by Gasteiger charge is -2.32. The van der Waals surface area contributed by atoms with Crippen molar-refractivity contribution in [1.82, 2.24) is 14.8 Å². The van der Waals surface area contributed by atoms with E-state index in [1.165, 1.54) is 17.3 Å². The first-order valence-electron chi connectivity index (χ1n) is 8.40. The molecule has 1 unspecified atom stereocenters. The molecule has 1 atom stereocenters. The number of fused-ring (bicyclic) bond motifs is 3. The van der Waals surface area contributed by atoms with Crippen molar-refractivity contribution in [2.24, 2.45) is 13.0 Å². The van der Waals surface area contributed by atoms with Gasteiger partial charge in [0.15, 0.2) is 0 Å². The molecule has 1 aromatic carbocycles. The maximum atomic E-state index is 13.7. The summed E-state index contributed by atoms with van der Waals surface area (Å²) in [6.07, 6.45) is 2.52. The van der Waals surface area contributed by atoms with Crippen molar-refractivity contribution in [2.45, 2.75) is 19.3 Å². The Labute approximate surface area is 135 Å². The zero-order valence-corrected chi connectivity index (χ0v) is 13.4. The van der Waals surface area contributed by atoms with E-state index in [0.717, 1.165) is 56.3 Å². The highest BCUT2D eigenvalue weighted by atomic mass is 19.1. The highest BCUT2D eigenvalue weighted by Gasteiger charge is 2.31. The molecule has 0 radical (unpaired) electrons. The number of aryl methyl sites for hydroxylation is 1. The molecule has 1 saturated heterocycles. The average Bonchev–Trinajstić information content (AvgIpc) is 2.87. The van der Waals surface area contributed by atoms with Gasteiger partial charge in [-0.3, -0.25) is 4.79 Å². The van der Waals surface area contributed by atoms with E-state index in [2.05, 4.69) is 9.88 Å². The summed E-state index contributed by atoms with van der Waals surface area (Å²) >= 11 is 0. The summed E-state index contributed by atoms with van der Waals surface area (Å²) in [5, 5.41) is 4.26. The predicted molar refractivity (Wildman–Crippen MR) is 87.8 cm³/mol. The summed E-state index contributed by atoms with van der Waals surface area (Å²) in [5.41, 5.74) is 3.49. The number of halogens is 1. The number of benzene rings is 1. The molecule has 4 rings (SSSR count). The van der Waals surface area contributed by atoms with Gasteiger partial charge in [0.2, 0.25) is 5.91 Å². The normalized spacial score (nSPS) is 21.5. The van der Waals surface area contributed by atoms with E-state index < -0.39 is 0 Å². The molecule has 2 aromatic rings. The van der Waals surface area contributed by atoms with Gasteiger partial charge in [0, 0.05) is 55.7 Å². The largest absolute Gasteiger partial charge is 0.347 e. The van der Waals surface area contributed by atoms with Gasteiger partial charge in [0.05, 0.1) is 0 Å². The smallest absolute Gasteiger partial charge is 0.226 e. The Hall–Kier alpha value is -1.88. The average molecular weight is 315 g/mol. The van der Waals surface area contributed by atoms with Crippen molar-refractivity contribution in [1.29, 1.82) is 0 Å². The Balaban J connectivity index is 1.66. The second-order valence-electron chi connectivity index (χ2n) is 6.66. The summed E-state index contributed by atoms with van der Waals surface area (Å²) in [5.74, 6) is 0.0986. The van der Waals surface area contributed by atoms with E-state index in [-0.39, 0.29) is 17.6 Å². The highest BCUT2D eigenvalue weighted by Crippen LogP contribution is 2.34. The monoisotopic (exact) mass is 315 g/mol. The molecule has 1 N–H and O–H groups in total. The quantitative estimate of drug-likeness (QED) is 0.872. The summed E-state index contributed by atoms with van der Waals surface area (Å²) in [7, 11) is 2.04.